The predicted octanol–water partition coefficient (Wildman–Crippen LogP) is 3.82. The number of benzene rings is 2. The van der Waals surface area contributed by atoms with E-state index in [4.69, 9.17) is 4.74 Å². The van der Waals surface area contributed by atoms with E-state index in [0.717, 1.165) is 5.69 Å². The molecule has 0 spiro atoms. The predicted molar refractivity (Wildman–Crippen MR) is 85.7 cm³/mol. The number of aryl methyl sites for hydroxylation is 1. The number of para-hydroxylation sites is 1. The lowest BCUT2D eigenvalue weighted by Crippen LogP contribution is -2.40. The lowest BCUT2D eigenvalue weighted by atomic mass is 10.2. The van der Waals surface area contributed by atoms with Crippen molar-refractivity contribution in [1.82, 2.24) is 0 Å². The van der Waals surface area contributed by atoms with Crippen molar-refractivity contribution >= 4 is 11.6 Å². The van der Waals surface area contributed by atoms with E-state index >= 15 is 0 Å². The third-order valence-corrected chi connectivity index (χ3v) is 3.20. The smallest absolute Gasteiger partial charge is 0.265 e. The molecule has 0 N–H and O–H groups in total. The van der Waals surface area contributed by atoms with Gasteiger partial charge in [0, 0.05) is 11.7 Å². The molecule has 3 heteroatoms. The first-order valence-corrected chi connectivity index (χ1v) is 7.14. The third kappa shape index (κ3) is 4.09. The summed E-state index contributed by atoms with van der Waals surface area (Å²) in [5, 5.41) is 0. The molecule has 0 aromatic heterocycles. The van der Waals surface area contributed by atoms with Crippen LogP contribution in [0.25, 0.3) is 0 Å². The van der Waals surface area contributed by atoms with Gasteiger partial charge in [0.1, 0.15) is 5.75 Å². The highest BCUT2D eigenvalue weighted by Crippen LogP contribution is 2.17. The topological polar surface area (TPSA) is 29.5 Å². The van der Waals surface area contributed by atoms with Gasteiger partial charge in [0.2, 0.25) is 0 Å². The van der Waals surface area contributed by atoms with E-state index < -0.39 is 0 Å². The fourth-order valence-electron chi connectivity index (χ4n) is 2.17. The van der Waals surface area contributed by atoms with E-state index in [1.807, 2.05) is 75.4 Å². The third-order valence-electron chi connectivity index (χ3n) is 3.20. The molecule has 21 heavy (non-hydrogen) atoms. The molecule has 0 unspecified atom stereocenters. The van der Waals surface area contributed by atoms with Gasteiger partial charge in [0.15, 0.2) is 6.61 Å². The molecule has 0 saturated heterocycles. The Kier molecular flexibility index (Phi) is 4.99. The maximum Gasteiger partial charge on any atom is 0.265 e. The van der Waals surface area contributed by atoms with Crippen LogP contribution in [0.15, 0.2) is 54.6 Å². The molecule has 0 aliphatic heterocycles. The van der Waals surface area contributed by atoms with Crippen molar-refractivity contribution in [2.75, 3.05) is 11.5 Å². The molecule has 2 aromatic rings. The first-order valence-electron chi connectivity index (χ1n) is 7.14. The van der Waals surface area contributed by atoms with Crippen molar-refractivity contribution in [1.29, 1.82) is 0 Å². The summed E-state index contributed by atoms with van der Waals surface area (Å²) in [7, 11) is 0. The number of anilines is 1. The molecule has 2 rings (SSSR count). The fourth-order valence-corrected chi connectivity index (χ4v) is 2.17. The van der Waals surface area contributed by atoms with Crippen LogP contribution in [0.4, 0.5) is 5.69 Å². The molecule has 0 saturated carbocycles. The Hall–Kier alpha value is -2.29. The van der Waals surface area contributed by atoms with Crippen LogP contribution in [0.3, 0.4) is 0 Å². The minimum absolute atomic E-state index is 0.0378. The molecule has 0 aliphatic rings. The van der Waals surface area contributed by atoms with Crippen molar-refractivity contribution in [2.45, 2.75) is 26.8 Å². The molecular formula is C18H21NO2. The lowest BCUT2D eigenvalue weighted by molar-refractivity contribution is -0.120. The highest BCUT2D eigenvalue weighted by atomic mass is 16.5. The largest absolute Gasteiger partial charge is 0.484 e. The van der Waals surface area contributed by atoms with Crippen LogP contribution in [0, 0.1) is 6.92 Å². The Morgan fingerprint density at radius 2 is 1.67 bits per heavy atom. The second-order valence-electron chi connectivity index (χ2n) is 5.29. The van der Waals surface area contributed by atoms with Crippen LogP contribution in [0.5, 0.6) is 5.75 Å². The van der Waals surface area contributed by atoms with Gasteiger partial charge < -0.3 is 9.64 Å². The van der Waals surface area contributed by atoms with Crippen LogP contribution in [-0.4, -0.2) is 18.6 Å². The summed E-state index contributed by atoms with van der Waals surface area (Å²) in [6.07, 6.45) is 0. The van der Waals surface area contributed by atoms with E-state index in [1.165, 1.54) is 5.56 Å². The summed E-state index contributed by atoms with van der Waals surface area (Å²) in [5.74, 6) is 0.669. The highest BCUT2D eigenvalue weighted by Gasteiger charge is 2.19. The molecule has 0 heterocycles. The number of rotatable bonds is 5. The molecule has 0 atom stereocenters. The van der Waals surface area contributed by atoms with Gasteiger partial charge in [-0.25, -0.2) is 0 Å². The van der Waals surface area contributed by atoms with Gasteiger partial charge in [-0.3, -0.25) is 4.79 Å². The summed E-state index contributed by atoms with van der Waals surface area (Å²) in [6.45, 7) is 6.05. The van der Waals surface area contributed by atoms with Crippen molar-refractivity contribution in [3.63, 3.8) is 0 Å². The van der Waals surface area contributed by atoms with Gasteiger partial charge in [-0.15, -0.1) is 0 Å². The number of nitrogens with zero attached hydrogens (tertiary/aromatic N) is 1. The van der Waals surface area contributed by atoms with Gasteiger partial charge in [0.25, 0.3) is 5.91 Å². The molecule has 0 bridgehead atoms. The molecule has 2 aromatic carbocycles. The quantitative estimate of drug-likeness (QED) is 0.835. The maximum absolute atomic E-state index is 12.4. The molecule has 3 nitrogen and oxygen atoms in total. The summed E-state index contributed by atoms with van der Waals surface area (Å²) >= 11 is 0. The minimum atomic E-state index is -0.0447. The molecule has 110 valence electrons. The number of hydrogen-bond donors (Lipinski definition) is 0. The second-order valence-corrected chi connectivity index (χ2v) is 5.29. The Bertz CT molecular complexity index is 576. The number of hydrogen-bond acceptors (Lipinski definition) is 2. The lowest BCUT2D eigenvalue weighted by Gasteiger charge is -2.26. The van der Waals surface area contributed by atoms with E-state index in [9.17, 15) is 4.79 Å². The molecule has 0 aliphatic carbocycles. The van der Waals surface area contributed by atoms with E-state index in [0.29, 0.717) is 5.75 Å². The van der Waals surface area contributed by atoms with Gasteiger partial charge in [0.05, 0.1) is 0 Å². The summed E-state index contributed by atoms with van der Waals surface area (Å²) in [5.41, 5.74) is 2.06. The molecular weight excluding hydrogens is 262 g/mol. The monoisotopic (exact) mass is 283 g/mol. The normalized spacial score (nSPS) is 10.5. The number of carbonyl (C=O) groups is 1. The molecule has 0 radical (unpaired) electrons. The van der Waals surface area contributed by atoms with Crippen LogP contribution < -0.4 is 9.64 Å². The van der Waals surface area contributed by atoms with Crippen LogP contribution in [0.2, 0.25) is 0 Å². The van der Waals surface area contributed by atoms with Crippen molar-refractivity contribution in [3.05, 3.63) is 60.2 Å². The minimum Gasteiger partial charge on any atom is -0.484 e. The van der Waals surface area contributed by atoms with Crippen LogP contribution >= 0.6 is 0 Å². The zero-order chi connectivity index (χ0) is 15.2. The Balaban J connectivity index is 2.04. The van der Waals surface area contributed by atoms with E-state index in [2.05, 4.69) is 0 Å². The number of carbonyl (C=O) groups excluding carboxylic acids is 1. The molecule has 1 amide bonds. The maximum atomic E-state index is 12.4. The van der Waals surface area contributed by atoms with E-state index in [1.54, 1.807) is 4.90 Å². The standard InChI is InChI=1S/C18H21NO2/c1-14(2)19(16-7-5-4-6-8-16)18(20)13-21-17-11-9-15(3)10-12-17/h4-12,14H,13H2,1-3H3. The summed E-state index contributed by atoms with van der Waals surface area (Å²) in [4.78, 5) is 14.2. The van der Waals surface area contributed by atoms with Gasteiger partial charge >= 0.3 is 0 Å². The Labute approximate surface area is 126 Å². The van der Waals surface area contributed by atoms with Crippen molar-refractivity contribution < 1.29 is 9.53 Å². The summed E-state index contributed by atoms with van der Waals surface area (Å²) in [6, 6.07) is 17.5. The second kappa shape index (κ2) is 6.93. The zero-order valence-electron chi connectivity index (χ0n) is 12.7. The first kappa shape index (κ1) is 15.1. The zero-order valence-corrected chi connectivity index (χ0v) is 12.7. The van der Waals surface area contributed by atoms with Gasteiger partial charge in [-0.05, 0) is 45.0 Å². The summed E-state index contributed by atoms with van der Waals surface area (Å²) < 4.78 is 5.58. The van der Waals surface area contributed by atoms with Gasteiger partial charge in [-0.1, -0.05) is 35.9 Å². The van der Waals surface area contributed by atoms with Gasteiger partial charge in [-0.2, -0.15) is 0 Å². The Morgan fingerprint density at radius 1 is 1.05 bits per heavy atom. The van der Waals surface area contributed by atoms with Crippen LogP contribution in [-0.2, 0) is 4.79 Å². The van der Waals surface area contributed by atoms with Crippen molar-refractivity contribution in [2.24, 2.45) is 0 Å². The van der Waals surface area contributed by atoms with E-state index in [-0.39, 0.29) is 18.6 Å². The van der Waals surface area contributed by atoms with Crippen LogP contribution in [0.1, 0.15) is 19.4 Å². The average molecular weight is 283 g/mol. The SMILES string of the molecule is Cc1ccc(OCC(=O)N(c2ccccc2)C(C)C)cc1. The first-order chi connectivity index (χ1) is 10.1. The molecule has 0 fully saturated rings. The highest BCUT2D eigenvalue weighted by molar-refractivity contribution is 5.94. The number of amides is 1. The number of ether oxygens (including phenoxy) is 1. The fraction of sp³-hybridized carbons (Fsp3) is 0.278. The van der Waals surface area contributed by atoms with Crippen molar-refractivity contribution in [3.8, 4) is 5.75 Å². The average Bonchev–Trinajstić information content (AvgIpc) is 2.47. The Morgan fingerprint density at radius 3 is 2.24 bits per heavy atom.